The predicted octanol–water partition coefficient (Wildman–Crippen LogP) is 4.28. The number of fused-ring (bicyclic) bond motifs is 1. The quantitative estimate of drug-likeness (QED) is 0.668. The van der Waals surface area contributed by atoms with Gasteiger partial charge in [-0.1, -0.05) is 28.1 Å². The first kappa shape index (κ1) is 11.4. The summed E-state index contributed by atoms with van der Waals surface area (Å²) in [4.78, 5) is 0. The summed E-state index contributed by atoms with van der Waals surface area (Å²) in [6, 6.07) is 14.2. The molecule has 2 N–H and O–H groups in total. The highest BCUT2D eigenvalue weighted by atomic mass is 79.9. The Bertz CT molecular complexity index is 728. The SMILES string of the molecule is Cc1cn(-c2ccccc2N)c2ccc(Br)cc12. The van der Waals surface area contributed by atoms with Crippen LogP contribution in [0.15, 0.2) is 53.1 Å². The molecule has 0 saturated heterocycles. The van der Waals surface area contributed by atoms with Crippen molar-refractivity contribution in [1.82, 2.24) is 4.57 Å². The van der Waals surface area contributed by atoms with Gasteiger partial charge < -0.3 is 10.3 Å². The molecule has 0 amide bonds. The highest BCUT2D eigenvalue weighted by molar-refractivity contribution is 9.10. The number of nitrogen functional groups attached to an aromatic ring is 1. The van der Waals surface area contributed by atoms with Crippen LogP contribution in [0.5, 0.6) is 0 Å². The van der Waals surface area contributed by atoms with Crippen molar-refractivity contribution in [2.75, 3.05) is 5.73 Å². The molecule has 0 bridgehead atoms. The number of benzene rings is 2. The Kier molecular flexibility index (Phi) is 2.63. The first-order chi connectivity index (χ1) is 8.66. The van der Waals surface area contributed by atoms with Crippen molar-refractivity contribution < 1.29 is 0 Å². The standard InChI is InChI=1S/C15H13BrN2/c1-10-9-18(15-5-3-2-4-13(15)17)14-7-6-11(16)8-12(10)14/h2-9H,17H2,1H3. The van der Waals surface area contributed by atoms with Crippen LogP contribution in [-0.2, 0) is 0 Å². The van der Waals surface area contributed by atoms with Crippen molar-refractivity contribution in [3.63, 3.8) is 0 Å². The molecule has 0 spiro atoms. The number of hydrogen-bond donors (Lipinski definition) is 1. The van der Waals surface area contributed by atoms with Gasteiger partial charge in [0.1, 0.15) is 0 Å². The molecule has 3 aromatic rings. The van der Waals surface area contributed by atoms with E-state index in [1.54, 1.807) is 0 Å². The van der Waals surface area contributed by atoms with Gasteiger partial charge in [0.25, 0.3) is 0 Å². The van der Waals surface area contributed by atoms with Crippen molar-refractivity contribution >= 4 is 32.5 Å². The number of hydrogen-bond acceptors (Lipinski definition) is 1. The average molecular weight is 301 g/mol. The topological polar surface area (TPSA) is 30.9 Å². The van der Waals surface area contributed by atoms with Crippen LogP contribution in [0.1, 0.15) is 5.56 Å². The maximum absolute atomic E-state index is 6.05. The molecule has 3 rings (SSSR count). The van der Waals surface area contributed by atoms with Crippen LogP contribution >= 0.6 is 15.9 Å². The lowest BCUT2D eigenvalue weighted by atomic mass is 10.2. The third kappa shape index (κ3) is 1.71. The molecule has 0 aliphatic heterocycles. The number of anilines is 1. The van der Waals surface area contributed by atoms with E-state index in [-0.39, 0.29) is 0 Å². The second kappa shape index (κ2) is 4.18. The van der Waals surface area contributed by atoms with Crippen molar-refractivity contribution in [1.29, 1.82) is 0 Å². The molecule has 2 nitrogen and oxygen atoms in total. The van der Waals surface area contributed by atoms with Crippen LogP contribution in [0.2, 0.25) is 0 Å². The van der Waals surface area contributed by atoms with E-state index in [1.807, 2.05) is 24.3 Å². The number of rotatable bonds is 1. The van der Waals surface area contributed by atoms with Gasteiger partial charge >= 0.3 is 0 Å². The van der Waals surface area contributed by atoms with Gasteiger partial charge in [0.2, 0.25) is 0 Å². The molecule has 1 aromatic heterocycles. The fourth-order valence-corrected chi connectivity index (χ4v) is 2.63. The minimum absolute atomic E-state index is 0.789. The van der Waals surface area contributed by atoms with E-state index in [2.05, 4.69) is 51.8 Å². The maximum Gasteiger partial charge on any atom is 0.0685 e. The van der Waals surface area contributed by atoms with Gasteiger partial charge in [-0.05, 0) is 42.8 Å². The van der Waals surface area contributed by atoms with E-state index in [0.717, 1.165) is 15.8 Å². The van der Waals surface area contributed by atoms with Crippen molar-refractivity contribution in [2.45, 2.75) is 6.92 Å². The normalized spacial score (nSPS) is 11.0. The number of nitrogens with two attached hydrogens (primary N) is 1. The van der Waals surface area contributed by atoms with Crippen molar-refractivity contribution in [2.24, 2.45) is 0 Å². The summed E-state index contributed by atoms with van der Waals surface area (Å²) in [6.07, 6.45) is 2.13. The van der Waals surface area contributed by atoms with Gasteiger partial charge in [-0.15, -0.1) is 0 Å². The maximum atomic E-state index is 6.05. The Morgan fingerprint density at radius 3 is 2.67 bits per heavy atom. The second-order valence-corrected chi connectivity index (χ2v) is 5.32. The predicted molar refractivity (Wildman–Crippen MR) is 80.1 cm³/mol. The summed E-state index contributed by atoms with van der Waals surface area (Å²) >= 11 is 3.51. The fraction of sp³-hybridized carbons (Fsp3) is 0.0667. The monoisotopic (exact) mass is 300 g/mol. The molecule has 0 radical (unpaired) electrons. The lowest BCUT2D eigenvalue weighted by Crippen LogP contribution is -1.97. The molecule has 18 heavy (non-hydrogen) atoms. The molecule has 3 heteroatoms. The van der Waals surface area contributed by atoms with Gasteiger partial charge in [0.05, 0.1) is 16.9 Å². The van der Waals surface area contributed by atoms with Gasteiger partial charge in [-0.25, -0.2) is 0 Å². The number of aryl methyl sites for hydroxylation is 1. The van der Waals surface area contributed by atoms with Crippen LogP contribution in [0.4, 0.5) is 5.69 Å². The third-order valence-corrected chi connectivity index (χ3v) is 3.66. The molecule has 0 unspecified atom stereocenters. The molecule has 0 aliphatic rings. The summed E-state index contributed by atoms with van der Waals surface area (Å²) in [5, 5.41) is 1.24. The van der Waals surface area contributed by atoms with E-state index in [4.69, 9.17) is 5.73 Å². The summed E-state index contributed by atoms with van der Waals surface area (Å²) in [6.45, 7) is 2.12. The zero-order chi connectivity index (χ0) is 12.7. The molecule has 1 heterocycles. The number of halogens is 1. The van der Waals surface area contributed by atoms with E-state index in [0.29, 0.717) is 0 Å². The highest BCUT2D eigenvalue weighted by Gasteiger charge is 2.09. The van der Waals surface area contributed by atoms with Crippen molar-refractivity contribution in [3.8, 4) is 5.69 Å². The average Bonchev–Trinajstić information content (AvgIpc) is 2.67. The molecule has 0 saturated carbocycles. The van der Waals surface area contributed by atoms with Crippen LogP contribution in [0.3, 0.4) is 0 Å². The minimum atomic E-state index is 0.789. The fourth-order valence-electron chi connectivity index (χ4n) is 2.27. The molecule has 0 aliphatic carbocycles. The molecular formula is C15H13BrN2. The Morgan fingerprint density at radius 2 is 1.89 bits per heavy atom. The van der Waals surface area contributed by atoms with Crippen LogP contribution < -0.4 is 5.73 Å². The van der Waals surface area contributed by atoms with Crippen molar-refractivity contribution in [3.05, 3.63) is 58.7 Å². The number of para-hydroxylation sites is 2. The van der Waals surface area contributed by atoms with Crippen LogP contribution in [-0.4, -0.2) is 4.57 Å². The Balaban J connectivity index is 2.34. The number of aromatic nitrogens is 1. The summed E-state index contributed by atoms with van der Waals surface area (Å²) in [7, 11) is 0. The van der Waals surface area contributed by atoms with Gasteiger partial charge in [0.15, 0.2) is 0 Å². The molecule has 90 valence electrons. The van der Waals surface area contributed by atoms with E-state index in [1.165, 1.54) is 16.5 Å². The summed E-state index contributed by atoms with van der Waals surface area (Å²) < 4.78 is 3.24. The lowest BCUT2D eigenvalue weighted by Gasteiger charge is -2.08. The van der Waals surface area contributed by atoms with Crippen LogP contribution in [0.25, 0.3) is 16.6 Å². The summed E-state index contributed by atoms with van der Waals surface area (Å²) in [5.74, 6) is 0. The van der Waals surface area contributed by atoms with Gasteiger partial charge in [-0.2, -0.15) is 0 Å². The van der Waals surface area contributed by atoms with Gasteiger partial charge in [0, 0.05) is 16.1 Å². The highest BCUT2D eigenvalue weighted by Crippen LogP contribution is 2.29. The molecular weight excluding hydrogens is 288 g/mol. The smallest absolute Gasteiger partial charge is 0.0685 e. The van der Waals surface area contributed by atoms with Crippen LogP contribution in [0, 0.1) is 6.92 Å². The Hall–Kier alpha value is -1.74. The third-order valence-electron chi connectivity index (χ3n) is 3.16. The molecule has 0 atom stereocenters. The van der Waals surface area contributed by atoms with Gasteiger partial charge in [-0.3, -0.25) is 0 Å². The van der Waals surface area contributed by atoms with E-state index in [9.17, 15) is 0 Å². The first-order valence-electron chi connectivity index (χ1n) is 5.79. The lowest BCUT2D eigenvalue weighted by molar-refractivity contribution is 1.12. The zero-order valence-corrected chi connectivity index (χ0v) is 11.6. The van der Waals surface area contributed by atoms with E-state index < -0.39 is 0 Å². The zero-order valence-electron chi connectivity index (χ0n) is 10.0. The Labute approximate surface area is 114 Å². The molecule has 2 aromatic carbocycles. The largest absolute Gasteiger partial charge is 0.397 e. The van der Waals surface area contributed by atoms with E-state index >= 15 is 0 Å². The Morgan fingerprint density at radius 1 is 1.11 bits per heavy atom. The second-order valence-electron chi connectivity index (χ2n) is 4.40. The number of nitrogens with zero attached hydrogens (tertiary/aromatic N) is 1. The molecule has 0 fully saturated rings. The first-order valence-corrected chi connectivity index (χ1v) is 6.58. The summed E-state index contributed by atoms with van der Waals surface area (Å²) in [5.41, 5.74) is 10.3. The minimum Gasteiger partial charge on any atom is -0.397 e.